The van der Waals surface area contributed by atoms with Crippen LogP contribution in [0, 0.1) is 0 Å². The maximum atomic E-state index is 13.0. The molecule has 11 heteroatoms. The van der Waals surface area contributed by atoms with Gasteiger partial charge in [0.1, 0.15) is 6.04 Å². The van der Waals surface area contributed by atoms with Gasteiger partial charge in [-0.05, 0) is 29.3 Å². The maximum absolute atomic E-state index is 13.0. The van der Waals surface area contributed by atoms with Crippen molar-refractivity contribution in [2.45, 2.75) is 32.6 Å². The zero-order valence-electron chi connectivity index (χ0n) is 20.8. The first-order valence-electron chi connectivity index (χ1n) is 11.0. The summed E-state index contributed by atoms with van der Waals surface area (Å²) in [6.45, 7) is 3.47. The summed E-state index contributed by atoms with van der Waals surface area (Å²) in [5.41, 5.74) is 1.33. The Labute approximate surface area is 218 Å². The van der Waals surface area contributed by atoms with Crippen LogP contribution in [0.25, 0.3) is 6.08 Å². The van der Waals surface area contributed by atoms with Crippen LogP contribution in [-0.2, 0) is 39.2 Å². The van der Waals surface area contributed by atoms with Crippen molar-refractivity contribution in [3.63, 3.8) is 0 Å². The summed E-state index contributed by atoms with van der Waals surface area (Å²) >= 11 is 1.41. The highest BCUT2D eigenvalue weighted by molar-refractivity contribution is 7.98. The van der Waals surface area contributed by atoms with Crippen molar-refractivity contribution in [3.8, 4) is 11.5 Å². The summed E-state index contributed by atoms with van der Waals surface area (Å²) < 4.78 is 20.0. The van der Waals surface area contributed by atoms with Crippen molar-refractivity contribution >= 4 is 47.6 Å². The molecule has 10 nitrogen and oxygen atoms in total. The second kappa shape index (κ2) is 14.4. The molecule has 0 aliphatic rings. The lowest BCUT2D eigenvalue weighted by atomic mass is 10.1. The number of hydrogen-bond acceptors (Lipinski definition) is 10. The maximum Gasteiger partial charge on any atom is 0.329 e. The standard InChI is InChI=1S/C26H27NO9S/c1-16(28)34-22-11-10-20(12-23(22)35-17(2)29)13-24(36-18(3)30)25(31)27-21(26(32)33-4)15-37-14-19-8-6-5-7-9-19/h5-13,21H,14-15H2,1-4H3,(H,27,31)/b24-13-/t21-/m0/s1. The molecular formula is C26H27NO9S. The van der Waals surface area contributed by atoms with E-state index in [9.17, 15) is 24.0 Å². The van der Waals surface area contributed by atoms with E-state index in [4.69, 9.17) is 18.9 Å². The highest BCUT2D eigenvalue weighted by atomic mass is 32.2. The average Bonchev–Trinajstić information content (AvgIpc) is 2.83. The van der Waals surface area contributed by atoms with Gasteiger partial charge in [-0.1, -0.05) is 36.4 Å². The van der Waals surface area contributed by atoms with Crippen LogP contribution in [0.15, 0.2) is 54.3 Å². The minimum absolute atomic E-state index is 0.0143. The Morgan fingerprint density at radius 3 is 2.14 bits per heavy atom. The number of hydrogen-bond donors (Lipinski definition) is 1. The quantitative estimate of drug-likeness (QED) is 0.200. The van der Waals surface area contributed by atoms with Gasteiger partial charge in [-0.15, -0.1) is 0 Å². The molecule has 1 atom stereocenters. The van der Waals surface area contributed by atoms with E-state index in [1.807, 2.05) is 30.3 Å². The molecular weight excluding hydrogens is 502 g/mol. The molecule has 2 rings (SSSR count). The second-order valence-corrected chi connectivity index (χ2v) is 8.58. The minimum Gasteiger partial charge on any atom is -0.467 e. The normalized spacial score (nSPS) is 11.6. The number of carbonyl (C=O) groups excluding carboxylic acids is 5. The molecule has 0 radical (unpaired) electrons. The highest BCUT2D eigenvalue weighted by Crippen LogP contribution is 2.30. The number of benzene rings is 2. The van der Waals surface area contributed by atoms with Crippen LogP contribution >= 0.6 is 11.8 Å². The van der Waals surface area contributed by atoms with Crippen LogP contribution < -0.4 is 14.8 Å². The molecule has 0 saturated heterocycles. The molecule has 0 aliphatic heterocycles. The van der Waals surface area contributed by atoms with Gasteiger partial charge in [0.25, 0.3) is 5.91 Å². The van der Waals surface area contributed by atoms with Crippen molar-refractivity contribution in [3.05, 3.63) is 65.4 Å². The monoisotopic (exact) mass is 529 g/mol. The number of amides is 1. The molecule has 0 bridgehead atoms. The van der Waals surface area contributed by atoms with Gasteiger partial charge in [-0.2, -0.15) is 11.8 Å². The van der Waals surface area contributed by atoms with E-state index in [0.717, 1.165) is 12.5 Å². The molecule has 0 aromatic heterocycles. The van der Waals surface area contributed by atoms with Gasteiger partial charge in [-0.25, -0.2) is 4.79 Å². The van der Waals surface area contributed by atoms with Gasteiger partial charge in [0, 0.05) is 32.3 Å². The van der Waals surface area contributed by atoms with E-state index in [1.165, 1.54) is 57.0 Å². The van der Waals surface area contributed by atoms with E-state index >= 15 is 0 Å². The second-order valence-electron chi connectivity index (χ2n) is 7.55. The number of thioether (sulfide) groups is 1. The average molecular weight is 530 g/mol. The Morgan fingerprint density at radius 1 is 0.892 bits per heavy atom. The Balaban J connectivity index is 2.27. The van der Waals surface area contributed by atoms with Gasteiger partial charge >= 0.3 is 23.9 Å². The van der Waals surface area contributed by atoms with Crippen molar-refractivity contribution in [2.24, 2.45) is 0 Å². The van der Waals surface area contributed by atoms with Gasteiger partial charge in [0.2, 0.25) is 0 Å². The van der Waals surface area contributed by atoms with Gasteiger partial charge < -0.3 is 24.3 Å². The SMILES string of the molecule is COC(=O)[C@H](CSCc1ccccc1)NC(=O)/C(=C/c1ccc(OC(C)=O)c(OC(C)=O)c1)OC(C)=O. The van der Waals surface area contributed by atoms with E-state index in [0.29, 0.717) is 5.75 Å². The summed E-state index contributed by atoms with van der Waals surface area (Å²) in [4.78, 5) is 59.8. The number of carbonyl (C=O) groups is 5. The van der Waals surface area contributed by atoms with E-state index in [2.05, 4.69) is 5.32 Å². The Hall–Kier alpha value is -4.12. The Bertz CT molecular complexity index is 1180. The van der Waals surface area contributed by atoms with Crippen LogP contribution in [0.2, 0.25) is 0 Å². The zero-order valence-corrected chi connectivity index (χ0v) is 21.6. The minimum atomic E-state index is -1.02. The van der Waals surface area contributed by atoms with Crippen molar-refractivity contribution in [1.29, 1.82) is 0 Å². The van der Waals surface area contributed by atoms with Crippen LogP contribution in [0.4, 0.5) is 0 Å². The predicted molar refractivity (Wildman–Crippen MR) is 135 cm³/mol. The van der Waals surface area contributed by atoms with Crippen LogP contribution in [0.5, 0.6) is 11.5 Å². The lowest BCUT2D eigenvalue weighted by molar-refractivity contribution is -0.145. The third-order valence-electron chi connectivity index (χ3n) is 4.44. The molecule has 196 valence electrons. The molecule has 2 aromatic carbocycles. The fourth-order valence-corrected chi connectivity index (χ4v) is 3.95. The predicted octanol–water partition coefficient (Wildman–Crippen LogP) is 3.03. The molecule has 0 spiro atoms. The molecule has 0 saturated carbocycles. The summed E-state index contributed by atoms with van der Waals surface area (Å²) in [5.74, 6) is -3.28. The van der Waals surface area contributed by atoms with Gasteiger partial charge in [-0.3, -0.25) is 19.2 Å². The third kappa shape index (κ3) is 10.2. The first-order chi connectivity index (χ1) is 17.6. The first kappa shape index (κ1) is 29.1. The van der Waals surface area contributed by atoms with E-state index in [-0.39, 0.29) is 22.8 Å². The largest absolute Gasteiger partial charge is 0.467 e. The van der Waals surface area contributed by atoms with Crippen LogP contribution in [-0.4, -0.2) is 48.7 Å². The fourth-order valence-electron chi connectivity index (χ4n) is 2.94. The molecule has 0 fully saturated rings. The van der Waals surface area contributed by atoms with Crippen LogP contribution in [0.1, 0.15) is 31.9 Å². The molecule has 0 unspecified atom stereocenters. The van der Waals surface area contributed by atoms with E-state index < -0.39 is 41.6 Å². The van der Waals surface area contributed by atoms with Crippen molar-refractivity contribution in [1.82, 2.24) is 5.32 Å². The van der Waals surface area contributed by atoms with Crippen molar-refractivity contribution in [2.75, 3.05) is 12.9 Å². The summed E-state index contributed by atoms with van der Waals surface area (Å²) in [6, 6.07) is 12.7. The highest BCUT2D eigenvalue weighted by Gasteiger charge is 2.25. The Kier molecular flexibility index (Phi) is 11.4. The fraction of sp³-hybridized carbons (Fsp3) is 0.269. The lowest BCUT2D eigenvalue weighted by Crippen LogP contribution is -2.44. The number of ether oxygens (including phenoxy) is 4. The summed E-state index contributed by atoms with van der Waals surface area (Å²) in [6.07, 6.45) is 1.22. The molecule has 2 aromatic rings. The van der Waals surface area contributed by atoms with E-state index in [1.54, 1.807) is 0 Å². The molecule has 1 N–H and O–H groups in total. The van der Waals surface area contributed by atoms with Crippen LogP contribution in [0.3, 0.4) is 0 Å². The number of rotatable bonds is 11. The lowest BCUT2D eigenvalue weighted by Gasteiger charge is -2.17. The number of methoxy groups -OCH3 is 1. The number of esters is 4. The third-order valence-corrected chi connectivity index (χ3v) is 5.54. The molecule has 37 heavy (non-hydrogen) atoms. The molecule has 1 amide bonds. The zero-order chi connectivity index (χ0) is 27.4. The molecule has 0 aliphatic carbocycles. The van der Waals surface area contributed by atoms with Gasteiger partial charge in [0.15, 0.2) is 17.3 Å². The Morgan fingerprint density at radius 2 is 1.54 bits per heavy atom. The summed E-state index contributed by atoms with van der Waals surface area (Å²) in [7, 11) is 1.20. The smallest absolute Gasteiger partial charge is 0.329 e. The van der Waals surface area contributed by atoms with Crippen molar-refractivity contribution < 1.29 is 42.9 Å². The topological polar surface area (TPSA) is 134 Å². The summed E-state index contributed by atoms with van der Waals surface area (Å²) in [5, 5.41) is 2.53. The van der Waals surface area contributed by atoms with Gasteiger partial charge in [0.05, 0.1) is 7.11 Å². The molecule has 0 heterocycles. The first-order valence-corrected chi connectivity index (χ1v) is 12.2. The number of nitrogens with one attached hydrogen (secondary N) is 1.